The van der Waals surface area contributed by atoms with E-state index < -0.39 is 0 Å². The van der Waals surface area contributed by atoms with Gasteiger partial charge in [0.05, 0.1) is 5.84 Å². The highest BCUT2D eigenvalue weighted by molar-refractivity contribution is 5.76. The quantitative estimate of drug-likeness (QED) is 0.393. The number of hydrogen-bond acceptors (Lipinski definition) is 3. The van der Waals surface area contributed by atoms with Crippen LogP contribution in [0.25, 0.3) is 0 Å². The maximum atomic E-state index is 7.14. The van der Waals surface area contributed by atoms with Gasteiger partial charge in [0.15, 0.2) is 0 Å². The molecule has 94 valence electrons. The zero-order valence-electron chi connectivity index (χ0n) is 10.4. The van der Waals surface area contributed by atoms with Crippen LogP contribution in [0.15, 0.2) is 0 Å². The molecular formula is C12H25N3O. The van der Waals surface area contributed by atoms with Gasteiger partial charge >= 0.3 is 0 Å². The molecule has 0 aromatic heterocycles. The number of rotatable bonds is 7. The first-order chi connectivity index (χ1) is 7.72. The number of methoxy groups -OCH3 is 1. The molecule has 0 spiro atoms. The Bertz CT molecular complexity index is 200. The summed E-state index contributed by atoms with van der Waals surface area (Å²) in [6, 6.07) is 0. The highest BCUT2D eigenvalue weighted by atomic mass is 16.5. The lowest BCUT2D eigenvalue weighted by molar-refractivity contribution is 0.0989. The van der Waals surface area contributed by atoms with Gasteiger partial charge < -0.3 is 15.4 Å². The molecule has 3 N–H and O–H groups in total. The molecule has 1 aliphatic rings. The summed E-state index contributed by atoms with van der Waals surface area (Å²) in [6.45, 7) is 4.48. The predicted octanol–water partition coefficient (Wildman–Crippen LogP) is 1.45. The predicted molar refractivity (Wildman–Crippen MR) is 66.8 cm³/mol. The first-order valence-electron chi connectivity index (χ1n) is 6.26. The Morgan fingerprint density at radius 2 is 2.06 bits per heavy atom. The summed E-state index contributed by atoms with van der Waals surface area (Å²) < 4.78 is 5.19. The smallest absolute Gasteiger partial charge is 0.0905 e. The first kappa shape index (κ1) is 13.5. The maximum Gasteiger partial charge on any atom is 0.0905 e. The van der Waals surface area contributed by atoms with Crippen molar-refractivity contribution in [1.82, 2.24) is 4.90 Å². The summed E-state index contributed by atoms with van der Waals surface area (Å²) in [5.41, 5.74) is 5.32. The third kappa shape index (κ3) is 5.47. The maximum absolute atomic E-state index is 7.14. The normalized spacial score (nSPS) is 18.8. The summed E-state index contributed by atoms with van der Waals surface area (Å²) in [6.07, 6.45) is 5.49. The number of hydrogen-bond donors (Lipinski definition) is 2. The molecule has 1 heterocycles. The van der Waals surface area contributed by atoms with Crippen molar-refractivity contribution in [2.75, 3.05) is 33.4 Å². The van der Waals surface area contributed by atoms with Crippen LogP contribution in [-0.4, -0.2) is 44.1 Å². The average molecular weight is 227 g/mol. The number of unbranched alkanes of at least 4 members (excludes halogenated alkanes) is 1. The zero-order chi connectivity index (χ0) is 11.8. The molecule has 0 amide bonds. The van der Waals surface area contributed by atoms with Crippen molar-refractivity contribution in [2.24, 2.45) is 11.7 Å². The van der Waals surface area contributed by atoms with Crippen LogP contribution >= 0.6 is 0 Å². The Hall–Kier alpha value is -0.610. The molecule has 1 aliphatic heterocycles. The van der Waals surface area contributed by atoms with Gasteiger partial charge in [-0.15, -0.1) is 0 Å². The highest BCUT2D eigenvalue weighted by Gasteiger charge is 2.18. The van der Waals surface area contributed by atoms with Crippen LogP contribution < -0.4 is 5.73 Å². The van der Waals surface area contributed by atoms with Crippen LogP contribution in [0.1, 0.15) is 32.1 Å². The topological polar surface area (TPSA) is 62.3 Å². The van der Waals surface area contributed by atoms with E-state index in [9.17, 15) is 0 Å². The monoisotopic (exact) mass is 227 g/mol. The summed E-state index contributed by atoms with van der Waals surface area (Å²) in [5, 5.41) is 7.14. The third-order valence-electron chi connectivity index (χ3n) is 3.28. The SMILES string of the molecule is COCC1CCN(CCCCC(=N)N)CC1. The van der Waals surface area contributed by atoms with Gasteiger partial charge in [0.25, 0.3) is 0 Å². The minimum atomic E-state index is 0.318. The van der Waals surface area contributed by atoms with E-state index in [1.165, 1.54) is 25.9 Å². The van der Waals surface area contributed by atoms with Gasteiger partial charge in [-0.25, -0.2) is 0 Å². The number of nitrogens with zero attached hydrogens (tertiary/aromatic N) is 1. The molecule has 0 atom stereocenters. The summed E-state index contributed by atoms with van der Waals surface area (Å²) in [4.78, 5) is 2.52. The van der Waals surface area contributed by atoms with E-state index in [0.29, 0.717) is 5.84 Å². The fourth-order valence-corrected chi connectivity index (χ4v) is 2.26. The molecule has 0 radical (unpaired) electrons. The Morgan fingerprint density at radius 1 is 1.38 bits per heavy atom. The standard InChI is InChI=1S/C12H25N3O/c1-16-10-11-5-8-15(9-6-11)7-3-2-4-12(13)14/h11H,2-10H2,1H3,(H3,13,14). The Balaban J connectivity index is 2.01. The van der Waals surface area contributed by atoms with Crippen molar-refractivity contribution < 1.29 is 4.74 Å². The van der Waals surface area contributed by atoms with Gasteiger partial charge in [-0.05, 0) is 51.2 Å². The van der Waals surface area contributed by atoms with Crippen LogP contribution in [0.4, 0.5) is 0 Å². The Kier molecular flexibility index (Phi) is 6.42. The lowest BCUT2D eigenvalue weighted by Crippen LogP contribution is -2.35. The molecule has 0 unspecified atom stereocenters. The molecule has 0 aliphatic carbocycles. The number of nitrogens with one attached hydrogen (secondary N) is 1. The minimum absolute atomic E-state index is 0.318. The molecule has 1 fully saturated rings. The Morgan fingerprint density at radius 3 is 2.62 bits per heavy atom. The molecule has 0 saturated carbocycles. The van der Waals surface area contributed by atoms with Crippen LogP contribution in [0, 0.1) is 11.3 Å². The van der Waals surface area contributed by atoms with Gasteiger partial charge in [0.2, 0.25) is 0 Å². The van der Waals surface area contributed by atoms with Crippen LogP contribution in [-0.2, 0) is 4.74 Å². The number of nitrogens with two attached hydrogens (primary N) is 1. The van der Waals surface area contributed by atoms with E-state index in [0.717, 1.165) is 38.3 Å². The largest absolute Gasteiger partial charge is 0.388 e. The summed E-state index contributed by atoms with van der Waals surface area (Å²) >= 11 is 0. The molecule has 4 heteroatoms. The van der Waals surface area contributed by atoms with Crippen molar-refractivity contribution >= 4 is 5.84 Å². The van der Waals surface area contributed by atoms with Crippen molar-refractivity contribution in [1.29, 1.82) is 5.41 Å². The molecule has 0 aromatic rings. The van der Waals surface area contributed by atoms with Crippen molar-refractivity contribution in [3.05, 3.63) is 0 Å². The molecule has 4 nitrogen and oxygen atoms in total. The first-order valence-corrected chi connectivity index (χ1v) is 6.26. The molecular weight excluding hydrogens is 202 g/mol. The van der Waals surface area contributed by atoms with Crippen molar-refractivity contribution in [3.8, 4) is 0 Å². The van der Waals surface area contributed by atoms with Gasteiger partial charge in [-0.2, -0.15) is 0 Å². The van der Waals surface area contributed by atoms with Crippen molar-refractivity contribution in [2.45, 2.75) is 32.1 Å². The number of ether oxygens (including phenoxy) is 1. The lowest BCUT2D eigenvalue weighted by atomic mass is 9.97. The van der Waals surface area contributed by atoms with Gasteiger partial charge in [-0.3, -0.25) is 5.41 Å². The van der Waals surface area contributed by atoms with E-state index >= 15 is 0 Å². The second-order valence-electron chi connectivity index (χ2n) is 4.72. The lowest BCUT2D eigenvalue weighted by Gasteiger charge is -2.31. The number of likely N-dealkylation sites (tertiary alicyclic amines) is 1. The zero-order valence-corrected chi connectivity index (χ0v) is 10.4. The van der Waals surface area contributed by atoms with Crippen LogP contribution in [0.3, 0.4) is 0 Å². The second-order valence-corrected chi connectivity index (χ2v) is 4.72. The fourth-order valence-electron chi connectivity index (χ4n) is 2.26. The number of piperidine rings is 1. The highest BCUT2D eigenvalue weighted by Crippen LogP contribution is 2.17. The van der Waals surface area contributed by atoms with E-state index in [-0.39, 0.29) is 0 Å². The van der Waals surface area contributed by atoms with Crippen LogP contribution in [0.5, 0.6) is 0 Å². The van der Waals surface area contributed by atoms with E-state index in [1.54, 1.807) is 7.11 Å². The van der Waals surface area contributed by atoms with Gasteiger partial charge in [-0.1, -0.05) is 0 Å². The van der Waals surface area contributed by atoms with E-state index in [4.69, 9.17) is 15.9 Å². The van der Waals surface area contributed by atoms with Gasteiger partial charge in [0.1, 0.15) is 0 Å². The molecule has 1 rings (SSSR count). The molecule has 16 heavy (non-hydrogen) atoms. The Labute approximate surface area is 98.6 Å². The molecule has 1 saturated heterocycles. The molecule has 0 bridgehead atoms. The minimum Gasteiger partial charge on any atom is -0.388 e. The summed E-state index contributed by atoms with van der Waals surface area (Å²) in [7, 11) is 1.79. The fraction of sp³-hybridized carbons (Fsp3) is 0.917. The average Bonchev–Trinajstić information content (AvgIpc) is 2.27. The van der Waals surface area contributed by atoms with Crippen LogP contribution in [0.2, 0.25) is 0 Å². The van der Waals surface area contributed by atoms with Gasteiger partial charge in [0, 0.05) is 20.1 Å². The van der Waals surface area contributed by atoms with E-state index in [2.05, 4.69) is 4.90 Å². The number of amidine groups is 1. The van der Waals surface area contributed by atoms with E-state index in [1.807, 2.05) is 0 Å². The third-order valence-corrected chi connectivity index (χ3v) is 3.28. The molecule has 0 aromatic carbocycles. The second kappa shape index (κ2) is 7.63. The summed E-state index contributed by atoms with van der Waals surface area (Å²) in [5.74, 6) is 1.08. The van der Waals surface area contributed by atoms with Crippen molar-refractivity contribution in [3.63, 3.8) is 0 Å².